The van der Waals surface area contributed by atoms with Crippen molar-refractivity contribution in [2.45, 2.75) is 13.8 Å². The first-order valence-electron chi connectivity index (χ1n) is 3.34. The summed E-state index contributed by atoms with van der Waals surface area (Å²) in [6, 6.07) is 0. The number of carbonyl (C=O) groups is 2. The summed E-state index contributed by atoms with van der Waals surface area (Å²) < 4.78 is 0. The third kappa shape index (κ3) is 439. The summed E-state index contributed by atoms with van der Waals surface area (Å²) in [5.74, 6) is 0.426. The summed E-state index contributed by atoms with van der Waals surface area (Å²) in [7, 11) is 0. The Morgan fingerprint density at radius 2 is 1.29 bits per heavy atom. The van der Waals surface area contributed by atoms with Crippen molar-refractivity contribution in [3.8, 4) is 0 Å². The molecule has 0 aromatic carbocycles. The molecular formula is C6H14O8. The molecule has 0 aliphatic carbocycles. The van der Waals surface area contributed by atoms with Gasteiger partial charge in [0.25, 0.3) is 0 Å². The molecular weight excluding hydrogens is 200 g/mol. The number of hydrogen-bond donors (Lipinski definition) is 5. The Morgan fingerprint density at radius 3 is 1.29 bits per heavy atom. The van der Waals surface area contributed by atoms with Gasteiger partial charge in [0.05, 0.1) is 6.61 Å². The molecule has 0 bridgehead atoms. The fraction of sp³-hybridized carbons (Fsp3) is 0.667. The molecule has 0 aromatic rings. The quantitative estimate of drug-likeness (QED) is 0.344. The SMILES string of the molecule is CC(C)COO.O=C(O)O.O=C(O)O. The van der Waals surface area contributed by atoms with Crippen molar-refractivity contribution in [1.29, 1.82) is 0 Å². The van der Waals surface area contributed by atoms with Crippen LogP contribution in [0.1, 0.15) is 13.8 Å². The van der Waals surface area contributed by atoms with Crippen LogP contribution in [0.15, 0.2) is 0 Å². The molecule has 5 N–H and O–H groups in total. The molecule has 0 atom stereocenters. The Labute approximate surface area is 79.9 Å². The molecule has 0 saturated heterocycles. The summed E-state index contributed by atoms with van der Waals surface area (Å²) in [5.41, 5.74) is 0. The highest BCUT2D eigenvalue weighted by Crippen LogP contribution is 1.87. The van der Waals surface area contributed by atoms with Gasteiger partial charge in [-0.2, -0.15) is 0 Å². The Bertz CT molecular complexity index is 123. The predicted octanol–water partition coefficient (Wildman–Crippen LogP) is 1.58. The van der Waals surface area contributed by atoms with Crippen LogP contribution in [-0.4, -0.2) is 44.6 Å². The minimum atomic E-state index is -1.83. The van der Waals surface area contributed by atoms with Crippen LogP contribution in [0.2, 0.25) is 0 Å². The topological polar surface area (TPSA) is 145 Å². The predicted molar refractivity (Wildman–Crippen MR) is 44.7 cm³/mol. The van der Waals surface area contributed by atoms with E-state index >= 15 is 0 Å². The first-order chi connectivity index (χ1) is 6.23. The Hall–Kier alpha value is -1.54. The Balaban J connectivity index is -0.000000135. The first-order valence-corrected chi connectivity index (χ1v) is 3.34. The lowest BCUT2D eigenvalue weighted by Crippen LogP contribution is -1.96. The maximum absolute atomic E-state index is 8.56. The van der Waals surface area contributed by atoms with Gasteiger partial charge < -0.3 is 20.4 Å². The molecule has 86 valence electrons. The van der Waals surface area contributed by atoms with E-state index in [1.165, 1.54) is 0 Å². The molecule has 0 aromatic heterocycles. The van der Waals surface area contributed by atoms with Crippen LogP contribution in [0.5, 0.6) is 0 Å². The van der Waals surface area contributed by atoms with Crippen LogP contribution < -0.4 is 0 Å². The van der Waals surface area contributed by atoms with Crippen molar-refractivity contribution in [1.82, 2.24) is 0 Å². The second kappa shape index (κ2) is 14.0. The van der Waals surface area contributed by atoms with E-state index in [2.05, 4.69) is 4.89 Å². The van der Waals surface area contributed by atoms with Crippen LogP contribution in [0, 0.1) is 5.92 Å². The molecule has 8 heteroatoms. The second-order valence-corrected chi connectivity index (χ2v) is 2.25. The van der Waals surface area contributed by atoms with Crippen molar-refractivity contribution < 1.29 is 40.2 Å². The molecule has 0 heterocycles. The van der Waals surface area contributed by atoms with Crippen molar-refractivity contribution in [3.05, 3.63) is 0 Å². The molecule has 8 nitrogen and oxygen atoms in total. The molecule has 0 amide bonds. The van der Waals surface area contributed by atoms with Crippen LogP contribution in [0.25, 0.3) is 0 Å². The highest BCUT2D eigenvalue weighted by molar-refractivity contribution is 5.53. The van der Waals surface area contributed by atoms with E-state index in [-0.39, 0.29) is 0 Å². The van der Waals surface area contributed by atoms with Crippen molar-refractivity contribution in [3.63, 3.8) is 0 Å². The summed E-state index contributed by atoms with van der Waals surface area (Å²) >= 11 is 0. The number of rotatable bonds is 2. The van der Waals surface area contributed by atoms with Crippen molar-refractivity contribution in [2.24, 2.45) is 5.92 Å². The standard InChI is InChI=1S/C4H10O2.2CH2O3/c1-4(2)3-6-5;2*2-1(3)4/h4-5H,3H2,1-2H3;2*(H2,2,3,4). The fourth-order valence-corrected chi connectivity index (χ4v) is 0.149. The van der Waals surface area contributed by atoms with Crippen LogP contribution in [0.3, 0.4) is 0 Å². The zero-order valence-corrected chi connectivity index (χ0v) is 7.75. The van der Waals surface area contributed by atoms with Gasteiger partial charge in [0.1, 0.15) is 0 Å². The lowest BCUT2D eigenvalue weighted by molar-refractivity contribution is -0.248. The van der Waals surface area contributed by atoms with E-state index in [1.54, 1.807) is 0 Å². The molecule has 0 aliphatic heterocycles. The van der Waals surface area contributed by atoms with Gasteiger partial charge >= 0.3 is 12.3 Å². The van der Waals surface area contributed by atoms with Gasteiger partial charge in [0.15, 0.2) is 0 Å². The minimum absolute atomic E-state index is 0.426. The largest absolute Gasteiger partial charge is 0.503 e. The molecule has 0 fully saturated rings. The summed E-state index contributed by atoms with van der Waals surface area (Å²) in [4.78, 5) is 20.9. The van der Waals surface area contributed by atoms with Gasteiger partial charge in [-0.1, -0.05) is 13.8 Å². The van der Waals surface area contributed by atoms with Gasteiger partial charge in [-0.05, 0) is 5.92 Å². The van der Waals surface area contributed by atoms with E-state index in [0.29, 0.717) is 12.5 Å². The third-order valence-corrected chi connectivity index (χ3v) is 0.408. The van der Waals surface area contributed by atoms with Gasteiger partial charge in [0.2, 0.25) is 0 Å². The lowest BCUT2D eigenvalue weighted by Gasteiger charge is -1.95. The van der Waals surface area contributed by atoms with E-state index in [0.717, 1.165) is 0 Å². The molecule has 14 heavy (non-hydrogen) atoms. The van der Waals surface area contributed by atoms with Crippen LogP contribution >= 0.6 is 0 Å². The number of hydrogen-bond acceptors (Lipinski definition) is 4. The summed E-state index contributed by atoms with van der Waals surface area (Å²) in [6.07, 6.45) is -3.67. The average molecular weight is 214 g/mol. The number of carboxylic acid groups (broad SMARTS) is 4. The lowest BCUT2D eigenvalue weighted by atomic mass is 10.2. The highest BCUT2D eigenvalue weighted by atomic mass is 17.1. The summed E-state index contributed by atoms with van der Waals surface area (Å²) in [5, 5.41) is 35.6. The maximum Gasteiger partial charge on any atom is 0.503 e. The van der Waals surface area contributed by atoms with Crippen LogP contribution in [0.4, 0.5) is 9.59 Å². The first kappa shape index (κ1) is 18.3. The summed E-state index contributed by atoms with van der Waals surface area (Å²) in [6.45, 7) is 4.37. The van der Waals surface area contributed by atoms with Gasteiger partial charge in [0, 0.05) is 0 Å². The third-order valence-electron chi connectivity index (χ3n) is 0.408. The molecule has 0 rings (SSSR count). The average Bonchev–Trinajstić information content (AvgIpc) is 1.82. The minimum Gasteiger partial charge on any atom is -0.450 e. The maximum atomic E-state index is 8.56. The van der Waals surface area contributed by atoms with E-state index in [4.69, 9.17) is 35.3 Å². The van der Waals surface area contributed by atoms with E-state index in [1.807, 2.05) is 13.8 Å². The van der Waals surface area contributed by atoms with Crippen LogP contribution in [-0.2, 0) is 4.89 Å². The smallest absolute Gasteiger partial charge is 0.450 e. The van der Waals surface area contributed by atoms with E-state index < -0.39 is 12.3 Å². The normalized spacial score (nSPS) is 7.71. The molecule has 0 unspecified atom stereocenters. The Kier molecular flexibility index (Phi) is 18.3. The second-order valence-electron chi connectivity index (χ2n) is 2.25. The molecule has 0 radical (unpaired) electrons. The van der Waals surface area contributed by atoms with Crippen molar-refractivity contribution in [2.75, 3.05) is 6.61 Å². The zero-order valence-electron chi connectivity index (χ0n) is 7.75. The molecule has 0 aliphatic rings. The van der Waals surface area contributed by atoms with Gasteiger partial charge in [-0.25, -0.2) is 14.5 Å². The highest BCUT2D eigenvalue weighted by Gasteiger charge is 1.87. The van der Waals surface area contributed by atoms with E-state index in [9.17, 15) is 0 Å². The zero-order chi connectivity index (χ0) is 12.1. The van der Waals surface area contributed by atoms with Crippen molar-refractivity contribution >= 4 is 12.3 Å². The van der Waals surface area contributed by atoms with Gasteiger partial charge in [-0.15, -0.1) is 0 Å². The Morgan fingerprint density at radius 1 is 1.07 bits per heavy atom. The molecule has 0 saturated carbocycles. The van der Waals surface area contributed by atoms with Gasteiger partial charge in [-0.3, -0.25) is 5.26 Å². The monoisotopic (exact) mass is 214 g/mol. The fourth-order valence-electron chi connectivity index (χ4n) is 0.149. The molecule has 0 spiro atoms.